The second-order valence-electron chi connectivity index (χ2n) is 6.30. The molecule has 2 heterocycles. The van der Waals surface area contributed by atoms with Gasteiger partial charge in [0, 0.05) is 19.5 Å². The topological polar surface area (TPSA) is 55.6 Å². The molecule has 2 aliphatic rings. The maximum absolute atomic E-state index is 12.4. The van der Waals surface area contributed by atoms with Crippen LogP contribution in [0.1, 0.15) is 24.5 Å². The largest absolute Gasteiger partial charge is 0.493 e. The van der Waals surface area contributed by atoms with Crippen LogP contribution in [0.3, 0.4) is 0 Å². The van der Waals surface area contributed by atoms with Crippen LogP contribution in [-0.2, 0) is 17.6 Å². The molecule has 1 amide bonds. The molecule has 1 saturated heterocycles. The molecule has 2 aliphatic heterocycles. The number of benzene rings is 1. The SMILES string of the molecule is CC1(CN)CCN(C(=O)Cc2ccc3c(c2)CCO3)C1. The number of nitrogens with two attached hydrogens (primary N) is 1. The highest BCUT2D eigenvalue weighted by Crippen LogP contribution is 2.30. The molecule has 0 radical (unpaired) electrons. The van der Waals surface area contributed by atoms with E-state index >= 15 is 0 Å². The third-order valence-electron chi connectivity index (χ3n) is 4.51. The van der Waals surface area contributed by atoms with Gasteiger partial charge in [-0.15, -0.1) is 0 Å². The van der Waals surface area contributed by atoms with E-state index in [-0.39, 0.29) is 11.3 Å². The Morgan fingerprint density at radius 1 is 1.50 bits per heavy atom. The van der Waals surface area contributed by atoms with Crippen molar-refractivity contribution in [2.45, 2.75) is 26.2 Å². The molecule has 2 N–H and O–H groups in total. The van der Waals surface area contributed by atoms with Crippen molar-refractivity contribution < 1.29 is 9.53 Å². The molecule has 4 heteroatoms. The van der Waals surface area contributed by atoms with Crippen LogP contribution in [0.25, 0.3) is 0 Å². The lowest BCUT2D eigenvalue weighted by atomic mass is 9.90. The second kappa shape index (κ2) is 5.09. The number of rotatable bonds is 3. The zero-order chi connectivity index (χ0) is 14.2. The Kier molecular flexibility index (Phi) is 3.42. The number of ether oxygens (including phenoxy) is 1. The quantitative estimate of drug-likeness (QED) is 0.905. The van der Waals surface area contributed by atoms with E-state index < -0.39 is 0 Å². The number of hydrogen-bond donors (Lipinski definition) is 1. The van der Waals surface area contributed by atoms with E-state index in [2.05, 4.69) is 13.0 Å². The highest BCUT2D eigenvalue weighted by atomic mass is 16.5. The summed E-state index contributed by atoms with van der Waals surface area (Å²) >= 11 is 0. The zero-order valence-corrected chi connectivity index (χ0v) is 12.0. The molecule has 0 aromatic heterocycles. The summed E-state index contributed by atoms with van der Waals surface area (Å²) in [7, 11) is 0. The summed E-state index contributed by atoms with van der Waals surface area (Å²) in [6, 6.07) is 6.09. The van der Waals surface area contributed by atoms with E-state index in [0.29, 0.717) is 13.0 Å². The van der Waals surface area contributed by atoms with Crippen LogP contribution in [0.2, 0.25) is 0 Å². The first-order chi connectivity index (χ1) is 9.59. The number of amides is 1. The van der Waals surface area contributed by atoms with Gasteiger partial charge in [-0.2, -0.15) is 0 Å². The van der Waals surface area contributed by atoms with Crippen LogP contribution < -0.4 is 10.5 Å². The van der Waals surface area contributed by atoms with Crippen molar-refractivity contribution in [3.63, 3.8) is 0 Å². The first-order valence-corrected chi connectivity index (χ1v) is 7.32. The van der Waals surface area contributed by atoms with E-state index in [1.165, 1.54) is 5.56 Å². The molecule has 0 aliphatic carbocycles. The predicted molar refractivity (Wildman–Crippen MR) is 77.7 cm³/mol. The summed E-state index contributed by atoms with van der Waals surface area (Å²) in [6.07, 6.45) is 2.44. The number of likely N-dealkylation sites (tertiary alicyclic amines) is 1. The average molecular weight is 274 g/mol. The second-order valence-corrected chi connectivity index (χ2v) is 6.30. The fourth-order valence-corrected chi connectivity index (χ4v) is 3.04. The fraction of sp³-hybridized carbons (Fsp3) is 0.562. The van der Waals surface area contributed by atoms with E-state index in [4.69, 9.17) is 10.5 Å². The Labute approximate surface area is 119 Å². The average Bonchev–Trinajstić information content (AvgIpc) is 3.05. The maximum atomic E-state index is 12.4. The van der Waals surface area contributed by atoms with Gasteiger partial charge in [0.15, 0.2) is 0 Å². The van der Waals surface area contributed by atoms with Crippen molar-refractivity contribution in [2.75, 3.05) is 26.2 Å². The highest BCUT2D eigenvalue weighted by Gasteiger charge is 2.34. The summed E-state index contributed by atoms with van der Waals surface area (Å²) in [5.74, 6) is 1.18. The van der Waals surface area contributed by atoms with Crippen LogP contribution in [0.5, 0.6) is 5.75 Å². The number of carbonyl (C=O) groups excluding carboxylic acids is 1. The highest BCUT2D eigenvalue weighted by molar-refractivity contribution is 5.79. The molecular weight excluding hydrogens is 252 g/mol. The van der Waals surface area contributed by atoms with E-state index in [9.17, 15) is 4.79 Å². The maximum Gasteiger partial charge on any atom is 0.227 e. The summed E-state index contributed by atoms with van der Waals surface area (Å²) in [4.78, 5) is 14.3. The molecule has 108 valence electrons. The van der Waals surface area contributed by atoms with Crippen molar-refractivity contribution in [2.24, 2.45) is 11.1 Å². The molecule has 1 aromatic carbocycles. The zero-order valence-electron chi connectivity index (χ0n) is 12.0. The Balaban J connectivity index is 1.65. The molecule has 4 nitrogen and oxygen atoms in total. The molecule has 0 saturated carbocycles. The van der Waals surface area contributed by atoms with E-state index in [1.54, 1.807) is 0 Å². The third-order valence-corrected chi connectivity index (χ3v) is 4.51. The van der Waals surface area contributed by atoms with E-state index in [0.717, 1.165) is 43.9 Å². The van der Waals surface area contributed by atoms with Crippen molar-refractivity contribution in [3.8, 4) is 5.75 Å². The lowest BCUT2D eigenvalue weighted by Gasteiger charge is -2.22. The normalized spacial score (nSPS) is 24.6. The van der Waals surface area contributed by atoms with Crippen LogP contribution in [0.4, 0.5) is 0 Å². The number of fused-ring (bicyclic) bond motifs is 1. The minimum Gasteiger partial charge on any atom is -0.493 e. The van der Waals surface area contributed by atoms with Gasteiger partial charge in [0.05, 0.1) is 13.0 Å². The third kappa shape index (κ3) is 2.52. The van der Waals surface area contributed by atoms with Crippen molar-refractivity contribution in [1.29, 1.82) is 0 Å². The van der Waals surface area contributed by atoms with Crippen molar-refractivity contribution >= 4 is 5.91 Å². The summed E-state index contributed by atoms with van der Waals surface area (Å²) < 4.78 is 5.49. The smallest absolute Gasteiger partial charge is 0.227 e. The van der Waals surface area contributed by atoms with Gasteiger partial charge >= 0.3 is 0 Å². The molecule has 1 atom stereocenters. The van der Waals surface area contributed by atoms with Crippen LogP contribution >= 0.6 is 0 Å². The van der Waals surface area contributed by atoms with E-state index in [1.807, 2.05) is 17.0 Å². The molecule has 1 aromatic rings. The lowest BCUT2D eigenvalue weighted by Crippen LogP contribution is -2.35. The molecular formula is C16H22N2O2. The van der Waals surface area contributed by atoms with Gasteiger partial charge < -0.3 is 15.4 Å². The van der Waals surface area contributed by atoms with Gasteiger partial charge in [-0.1, -0.05) is 19.1 Å². The lowest BCUT2D eigenvalue weighted by molar-refractivity contribution is -0.129. The summed E-state index contributed by atoms with van der Waals surface area (Å²) in [5, 5.41) is 0. The minimum absolute atomic E-state index is 0.0986. The van der Waals surface area contributed by atoms with Gasteiger partial charge in [0.25, 0.3) is 0 Å². The standard InChI is InChI=1S/C16H22N2O2/c1-16(10-17)5-6-18(11-16)15(19)9-12-2-3-14-13(8-12)4-7-20-14/h2-3,8H,4-7,9-11,17H2,1H3. The van der Waals surface area contributed by atoms with Gasteiger partial charge in [0.1, 0.15) is 5.75 Å². The number of hydrogen-bond acceptors (Lipinski definition) is 3. The Morgan fingerprint density at radius 2 is 2.35 bits per heavy atom. The Morgan fingerprint density at radius 3 is 3.10 bits per heavy atom. The number of nitrogens with zero attached hydrogens (tertiary/aromatic N) is 1. The molecule has 3 rings (SSSR count). The Bertz CT molecular complexity index is 529. The van der Waals surface area contributed by atoms with Gasteiger partial charge in [0.2, 0.25) is 5.91 Å². The Hall–Kier alpha value is -1.55. The molecule has 20 heavy (non-hydrogen) atoms. The van der Waals surface area contributed by atoms with Crippen LogP contribution in [-0.4, -0.2) is 37.0 Å². The molecule has 0 spiro atoms. The van der Waals surface area contributed by atoms with Crippen LogP contribution in [0, 0.1) is 5.41 Å². The predicted octanol–water partition coefficient (Wildman–Crippen LogP) is 1.36. The van der Waals surface area contributed by atoms with Crippen molar-refractivity contribution in [1.82, 2.24) is 4.90 Å². The molecule has 1 fully saturated rings. The van der Waals surface area contributed by atoms with Crippen molar-refractivity contribution in [3.05, 3.63) is 29.3 Å². The summed E-state index contributed by atoms with van der Waals surface area (Å²) in [5.41, 5.74) is 8.20. The fourth-order valence-electron chi connectivity index (χ4n) is 3.04. The van der Waals surface area contributed by atoms with Crippen LogP contribution in [0.15, 0.2) is 18.2 Å². The van der Waals surface area contributed by atoms with Gasteiger partial charge in [-0.25, -0.2) is 0 Å². The minimum atomic E-state index is 0.0986. The van der Waals surface area contributed by atoms with Gasteiger partial charge in [-0.3, -0.25) is 4.79 Å². The monoisotopic (exact) mass is 274 g/mol. The van der Waals surface area contributed by atoms with Gasteiger partial charge in [-0.05, 0) is 35.6 Å². The molecule has 0 bridgehead atoms. The number of carbonyl (C=O) groups is 1. The first kappa shape index (κ1) is 13.4. The molecule has 1 unspecified atom stereocenters. The first-order valence-electron chi connectivity index (χ1n) is 7.32. The summed E-state index contributed by atoms with van der Waals surface area (Å²) in [6.45, 7) is 5.19.